The first-order valence-electron chi connectivity index (χ1n) is 9.68. The maximum atomic E-state index is 13.1. The number of fused-ring (bicyclic) bond motifs is 1. The Bertz CT molecular complexity index is 1120. The number of nitrogens with zero attached hydrogens (tertiary/aromatic N) is 2. The molecular weight excluding hydrogens is 360 g/mol. The number of benzene rings is 3. The third kappa shape index (κ3) is 4.20. The van der Waals surface area contributed by atoms with E-state index in [-0.39, 0.29) is 5.91 Å². The molecule has 0 aliphatic rings. The first kappa shape index (κ1) is 18.9. The molecule has 1 atom stereocenters. The minimum atomic E-state index is -0.489. The van der Waals surface area contributed by atoms with E-state index in [1.807, 2.05) is 92.8 Å². The van der Waals surface area contributed by atoms with E-state index in [2.05, 4.69) is 15.2 Å². The average Bonchev–Trinajstić information content (AvgIpc) is 3.07. The Morgan fingerprint density at radius 3 is 2.38 bits per heavy atom. The Labute approximate surface area is 170 Å². The predicted octanol–water partition coefficient (Wildman–Crippen LogP) is 4.35. The fraction of sp³-hybridized carbons (Fsp3) is 0.167. The topological polar surface area (TPSA) is 59.0 Å². The van der Waals surface area contributed by atoms with Gasteiger partial charge in [0.1, 0.15) is 11.9 Å². The molecule has 2 N–H and O–H groups in total. The molecule has 1 heterocycles. The van der Waals surface area contributed by atoms with E-state index < -0.39 is 6.04 Å². The molecule has 5 heteroatoms. The van der Waals surface area contributed by atoms with Gasteiger partial charge in [0.2, 0.25) is 5.91 Å². The summed E-state index contributed by atoms with van der Waals surface area (Å²) in [7, 11) is 2.00. The summed E-state index contributed by atoms with van der Waals surface area (Å²) in [5, 5.41) is 6.41. The molecule has 4 rings (SSSR count). The van der Waals surface area contributed by atoms with Crippen molar-refractivity contribution in [2.75, 3.05) is 5.32 Å². The Morgan fingerprint density at radius 2 is 1.66 bits per heavy atom. The van der Waals surface area contributed by atoms with Gasteiger partial charge in [0.15, 0.2) is 0 Å². The van der Waals surface area contributed by atoms with Crippen molar-refractivity contribution in [3.8, 4) is 0 Å². The quantitative estimate of drug-likeness (QED) is 0.520. The second-order valence-electron chi connectivity index (χ2n) is 7.16. The van der Waals surface area contributed by atoms with Crippen molar-refractivity contribution in [3.63, 3.8) is 0 Å². The summed E-state index contributed by atoms with van der Waals surface area (Å²) in [6.07, 6.45) is 0. The predicted molar refractivity (Wildman–Crippen MR) is 117 cm³/mol. The monoisotopic (exact) mass is 384 g/mol. The molecule has 0 aliphatic heterocycles. The zero-order chi connectivity index (χ0) is 20.2. The van der Waals surface area contributed by atoms with Gasteiger partial charge in [-0.25, -0.2) is 4.98 Å². The van der Waals surface area contributed by atoms with Gasteiger partial charge in [-0.1, -0.05) is 60.2 Å². The molecule has 4 aromatic rings. The van der Waals surface area contributed by atoms with Gasteiger partial charge in [-0.3, -0.25) is 10.1 Å². The fourth-order valence-corrected chi connectivity index (χ4v) is 3.41. The fourth-order valence-electron chi connectivity index (χ4n) is 3.41. The van der Waals surface area contributed by atoms with Crippen molar-refractivity contribution in [1.29, 1.82) is 0 Å². The summed E-state index contributed by atoms with van der Waals surface area (Å²) in [5.41, 5.74) is 4.88. The number of aryl methyl sites for hydroxylation is 2. The third-order valence-corrected chi connectivity index (χ3v) is 5.06. The SMILES string of the molecule is Cc1ccc(NC(=O)C(NCc2nc3ccccc3n2C)c2ccccc2)cc1. The number of hydrogen-bond acceptors (Lipinski definition) is 3. The van der Waals surface area contributed by atoms with Crippen molar-refractivity contribution >= 4 is 22.6 Å². The van der Waals surface area contributed by atoms with Crippen LogP contribution >= 0.6 is 0 Å². The number of amides is 1. The normalized spacial score (nSPS) is 12.1. The van der Waals surface area contributed by atoms with Gasteiger partial charge >= 0.3 is 0 Å². The maximum Gasteiger partial charge on any atom is 0.246 e. The molecule has 1 unspecified atom stereocenters. The van der Waals surface area contributed by atoms with E-state index in [0.29, 0.717) is 6.54 Å². The Hall–Kier alpha value is -3.44. The summed E-state index contributed by atoms with van der Waals surface area (Å²) < 4.78 is 2.06. The van der Waals surface area contributed by atoms with Crippen molar-refractivity contribution in [3.05, 3.63) is 95.8 Å². The summed E-state index contributed by atoms with van der Waals surface area (Å²) >= 11 is 0. The third-order valence-electron chi connectivity index (χ3n) is 5.06. The molecule has 29 heavy (non-hydrogen) atoms. The van der Waals surface area contributed by atoms with Crippen LogP contribution in [0.1, 0.15) is 23.0 Å². The Balaban J connectivity index is 1.56. The number of anilines is 1. The summed E-state index contributed by atoms with van der Waals surface area (Å²) in [5.74, 6) is 0.786. The molecule has 1 amide bonds. The molecule has 1 aromatic heterocycles. The van der Waals surface area contributed by atoms with Crippen molar-refractivity contribution in [2.45, 2.75) is 19.5 Å². The van der Waals surface area contributed by atoms with E-state index in [9.17, 15) is 4.79 Å². The van der Waals surface area contributed by atoms with Crippen molar-refractivity contribution in [1.82, 2.24) is 14.9 Å². The Kier molecular flexibility index (Phi) is 5.40. The highest BCUT2D eigenvalue weighted by Crippen LogP contribution is 2.19. The standard InChI is InChI=1S/C24H24N4O/c1-17-12-14-19(15-13-17)26-24(29)23(18-8-4-3-5-9-18)25-16-22-27-20-10-6-7-11-21(20)28(22)2/h3-15,23,25H,16H2,1-2H3,(H,26,29). The van der Waals surface area contributed by atoms with Crippen molar-refractivity contribution < 1.29 is 4.79 Å². The summed E-state index contributed by atoms with van der Waals surface area (Å²) in [4.78, 5) is 17.8. The molecular formula is C24H24N4O. The van der Waals surface area contributed by atoms with Crippen LogP contribution < -0.4 is 10.6 Å². The number of carbonyl (C=O) groups is 1. The molecule has 0 saturated heterocycles. The molecule has 3 aromatic carbocycles. The van der Waals surface area contributed by atoms with Gasteiger partial charge in [0.25, 0.3) is 0 Å². The zero-order valence-electron chi connectivity index (χ0n) is 16.6. The number of aromatic nitrogens is 2. The van der Waals surface area contributed by atoms with Crippen LogP contribution in [-0.4, -0.2) is 15.5 Å². The van der Waals surface area contributed by atoms with Crippen LogP contribution in [0.3, 0.4) is 0 Å². The first-order chi connectivity index (χ1) is 14.1. The van der Waals surface area contributed by atoms with Crippen LogP contribution in [0.5, 0.6) is 0 Å². The molecule has 0 spiro atoms. The lowest BCUT2D eigenvalue weighted by molar-refractivity contribution is -0.118. The van der Waals surface area contributed by atoms with Gasteiger partial charge in [-0.05, 0) is 36.8 Å². The lowest BCUT2D eigenvalue weighted by atomic mass is 10.1. The largest absolute Gasteiger partial charge is 0.330 e. The number of rotatable bonds is 6. The zero-order valence-corrected chi connectivity index (χ0v) is 16.6. The Morgan fingerprint density at radius 1 is 0.966 bits per heavy atom. The van der Waals surface area contributed by atoms with Gasteiger partial charge < -0.3 is 9.88 Å². The lowest BCUT2D eigenvalue weighted by Crippen LogP contribution is -2.33. The van der Waals surface area contributed by atoms with E-state index in [0.717, 1.165) is 33.7 Å². The van der Waals surface area contributed by atoms with Crippen LogP contribution in [0.15, 0.2) is 78.9 Å². The maximum absolute atomic E-state index is 13.1. The molecule has 5 nitrogen and oxygen atoms in total. The second kappa shape index (κ2) is 8.29. The van der Waals surface area contributed by atoms with E-state index in [1.165, 1.54) is 0 Å². The first-order valence-corrected chi connectivity index (χ1v) is 9.68. The highest BCUT2D eigenvalue weighted by Gasteiger charge is 2.21. The summed E-state index contributed by atoms with van der Waals surface area (Å²) in [6.45, 7) is 2.50. The lowest BCUT2D eigenvalue weighted by Gasteiger charge is -2.19. The minimum absolute atomic E-state index is 0.0983. The van der Waals surface area contributed by atoms with E-state index in [1.54, 1.807) is 0 Å². The highest BCUT2D eigenvalue weighted by atomic mass is 16.2. The molecule has 0 bridgehead atoms. The van der Waals surface area contributed by atoms with Crippen LogP contribution in [-0.2, 0) is 18.4 Å². The van der Waals surface area contributed by atoms with Gasteiger partial charge in [0.05, 0.1) is 17.6 Å². The van der Waals surface area contributed by atoms with Crippen molar-refractivity contribution in [2.24, 2.45) is 7.05 Å². The second-order valence-corrected chi connectivity index (χ2v) is 7.16. The van der Waals surface area contributed by atoms with Crippen LogP contribution in [0.25, 0.3) is 11.0 Å². The number of nitrogens with one attached hydrogen (secondary N) is 2. The minimum Gasteiger partial charge on any atom is -0.330 e. The number of imidazole rings is 1. The van der Waals surface area contributed by atoms with E-state index >= 15 is 0 Å². The highest BCUT2D eigenvalue weighted by molar-refractivity contribution is 5.95. The van der Waals surface area contributed by atoms with Crippen LogP contribution in [0, 0.1) is 6.92 Å². The molecule has 146 valence electrons. The van der Waals surface area contributed by atoms with Crippen LogP contribution in [0.2, 0.25) is 0 Å². The van der Waals surface area contributed by atoms with Crippen LogP contribution in [0.4, 0.5) is 5.69 Å². The molecule has 0 fully saturated rings. The van der Waals surface area contributed by atoms with Gasteiger partial charge in [-0.2, -0.15) is 0 Å². The molecule has 0 aliphatic carbocycles. The number of carbonyl (C=O) groups excluding carboxylic acids is 1. The van der Waals surface area contributed by atoms with Gasteiger partial charge in [-0.15, -0.1) is 0 Å². The van der Waals surface area contributed by atoms with Gasteiger partial charge in [0, 0.05) is 12.7 Å². The summed E-state index contributed by atoms with van der Waals surface area (Å²) in [6, 6.07) is 25.1. The number of hydrogen-bond donors (Lipinski definition) is 2. The molecule has 0 radical (unpaired) electrons. The number of para-hydroxylation sites is 2. The molecule has 0 saturated carbocycles. The average molecular weight is 384 g/mol. The van der Waals surface area contributed by atoms with E-state index in [4.69, 9.17) is 4.98 Å². The smallest absolute Gasteiger partial charge is 0.246 e.